The number of benzene rings is 1. The third-order valence-electron chi connectivity index (χ3n) is 3.76. The fourth-order valence-electron chi connectivity index (χ4n) is 2.19. The van der Waals surface area contributed by atoms with Crippen LogP contribution < -0.4 is 10.1 Å². The maximum Gasteiger partial charge on any atom is 0.308 e. The van der Waals surface area contributed by atoms with Gasteiger partial charge in [0, 0.05) is 31.1 Å². The van der Waals surface area contributed by atoms with E-state index in [2.05, 4.69) is 5.32 Å². The van der Waals surface area contributed by atoms with Crippen molar-refractivity contribution >= 4 is 29.1 Å². The van der Waals surface area contributed by atoms with E-state index in [1.807, 2.05) is 24.3 Å². The minimum absolute atomic E-state index is 0.00531. The number of carbonyl (C=O) groups is 3. The van der Waals surface area contributed by atoms with Crippen LogP contribution >= 0.6 is 11.3 Å². The number of hydrogen-bond acceptors (Lipinski definition) is 6. The maximum absolute atomic E-state index is 12.1. The van der Waals surface area contributed by atoms with E-state index in [4.69, 9.17) is 9.47 Å². The first-order chi connectivity index (χ1) is 13.0. The standard InChI is InChI=1S/C19H22N2O5S/c1-21(11-14-3-5-16(25-2)6-4-14)17(22)12-26-18(23)7-9-20-19(24)15-8-10-27-13-15/h3-6,8,10,13H,7,9,11-12H2,1-2H3,(H,20,24). The van der Waals surface area contributed by atoms with E-state index in [1.165, 1.54) is 16.2 Å². The molecular weight excluding hydrogens is 368 g/mol. The molecule has 2 amide bonds. The van der Waals surface area contributed by atoms with Gasteiger partial charge in [0.25, 0.3) is 11.8 Å². The Kier molecular flexibility index (Phi) is 7.81. The van der Waals surface area contributed by atoms with Gasteiger partial charge in [-0.05, 0) is 29.1 Å². The normalized spacial score (nSPS) is 10.1. The molecule has 0 aliphatic heterocycles. The molecule has 0 fully saturated rings. The molecule has 0 bridgehead atoms. The SMILES string of the molecule is COc1ccc(CN(C)C(=O)COC(=O)CCNC(=O)c2ccsc2)cc1. The summed E-state index contributed by atoms with van der Waals surface area (Å²) in [5.41, 5.74) is 1.50. The molecule has 1 N–H and O–H groups in total. The van der Waals surface area contributed by atoms with Crippen LogP contribution in [0.4, 0.5) is 0 Å². The molecule has 2 rings (SSSR count). The molecule has 0 spiro atoms. The van der Waals surface area contributed by atoms with Crippen LogP contribution in [0, 0.1) is 0 Å². The van der Waals surface area contributed by atoms with Crippen LogP contribution in [0.15, 0.2) is 41.1 Å². The summed E-state index contributed by atoms with van der Waals surface area (Å²) in [6.07, 6.45) is 0.00531. The summed E-state index contributed by atoms with van der Waals surface area (Å²) in [6.45, 7) is 0.227. The highest BCUT2D eigenvalue weighted by Crippen LogP contribution is 2.12. The monoisotopic (exact) mass is 390 g/mol. The third kappa shape index (κ3) is 6.74. The maximum atomic E-state index is 12.1. The zero-order valence-corrected chi connectivity index (χ0v) is 16.1. The molecule has 0 aliphatic rings. The molecule has 27 heavy (non-hydrogen) atoms. The average molecular weight is 390 g/mol. The van der Waals surface area contributed by atoms with Crippen molar-refractivity contribution in [3.63, 3.8) is 0 Å². The molecule has 0 aliphatic carbocycles. The fourth-order valence-corrected chi connectivity index (χ4v) is 2.83. The predicted molar refractivity (Wildman–Crippen MR) is 102 cm³/mol. The zero-order valence-electron chi connectivity index (χ0n) is 15.3. The van der Waals surface area contributed by atoms with Crippen molar-refractivity contribution in [3.8, 4) is 5.75 Å². The summed E-state index contributed by atoms with van der Waals surface area (Å²) in [5.74, 6) is -0.333. The van der Waals surface area contributed by atoms with Crippen molar-refractivity contribution in [2.24, 2.45) is 0 Å². The van der Waals surface area contributed by atoms with Gasteiger partial charge < -0.3 is 19.7 Å². The summed E-state index contributed by atoms with van der Waals surface area (Å²) in [4.78, 5) is 37.0. The number of rotatable bonds is 9. The Morgan fingerprint density at radius 1 is 1.15 bits per heavy atom. The van der Waals surface area contributed by atoms with Crippen LogP contribution in [-0.2, 0) is 20.9 Å². The lowest BCUT2D eigenvalue weighted by Crippen LogP contribution is -2.31. The van der Waals surface area contributed by atoms with E-state index in [-0.39, 0.29) is 31.4 Å². The summed E-state index contributed by atoms with van der Waals surface area (Å²) >= 11 is 1.42. The van der Waals surface area contributed by atoms with Crippen molar-refractivity contribution < 1.29 is 23.9 Å². The van der Waals surface area contributed by atoms with Crippen LogP contribution in [0.25, 0.3) is 0 Å². The number of nitrogens with zero attached hydrogens (tertiary/aromatic N) is 1. The summed E-state index contributed by atoms with van der Waals surface area (Å²) < 4.78 is 10.1. The first kappa shape index (κ1) is 20.4. The molecule has 144 valence electrons. The van der Waals surface area contributed by atoms with Crippen molar-refractivity contribution in [1.29, 1.82) is 0 Å². The van der Waals surface area contributed by atoms with Crippen molar-refractivity contribution in [2.45, 2.75) is 13.0 Å². The van der Waals surface area contributed by atoms with Crippen molar-refractivity contribution in [1.82, 2.24) is 10.2 Å². The molecule has 1 heterocycles. The molecule has 0 radical (unpaired) electrons. The minimum atomic E-state index is -0.535. The first-order valence-electron chi connectivity index (χ1n) is 8.32. The molecule has 7 nitrogen and oxygen atoms in total. The van der Waals surface area contributed by atoms with Crippen LogP contribution in [0.5, 0.6) is 5.75 Å². The molecule has 1 aromatic carbocycles. The van der Waals surface area contributed by atoms with Gasteiger partial charge in [-0.25, -0.2) is 0 Å². The molecule has 2 aromatic rings. The highest BCUT2D eigenvalue weighted by Gasteiger charge is 2.13. The Hall–Kier alpha value is -2.87. The molecular formula is C19H22N2O5S. The second kappa shape index (κ2) is 10.3. The number of methoxy groups -OCH3 is 1. The van der Waals surface area contributed by atoms with E-state index in [1.54, 1.807) is 31.0 Å². The molecule has 0 saturated heterocycles. The summed E-state index contributed by atoms with van der Waals surface area (Å²) in [5, 5.41) is 6.16. The highest BCUT2D eigenvalue weighted by atomic mass is 32.1. The minimum Gasteiger partial charge on any atom is -0.497 e. The van der Waals surface area contributed by atoms with Gasteiger partial charge in [0.05, 0.1) is 13.5 Å². The van der Waals surface area contributed by atoms with Crippen LogP contribution in [0.1, 0.15) is 22.3 Å². The van der Waals surface area contributed by atoms with E-state index in [0.717, 1.165) is 11.3 Å². The number of ether oxygens (including phenoxy) is 2. The number of amides is 2. The van der Waals surface area contributed by atoms with E-state index in [9.17, 15) is 14.4 Å². The molecule has 8 heteroatoms. The Labute approximate surface area is 161 Å². The van der Waals surface area contributed by atoms with Crippen LogP contribution in [0.2, 0.25) is 0 Å². The summed E-state index contributed by atoms with van der Waals surface area (Å²) in [6, 6.07) is 9.07. The first-order valence-corrected chi connectivity index (χ1v) is 9.27. The number of esters is 1. The Morgan fingerprint density at radius 2 is 1.89 bits per heavy atom. The van der Waals surface area contributed by atoms with E-state index >= 15 is 0 Å². The Balaban J connectivity index is 1.65. The van der Waals surface area contributed by atoms with E-state index in [0.29, 0.717) is 12.1 Å². The third-order valence-corrected chi connectivity index (χ3v) is 4.44. The fraction of sp³-hybridized carbons (Fsp3) is 0.316. The van der Waals surface area contributed by atoms with Crippen LogP contribution in [0.3, 0.4) is 0 Å². The van der Waals surface area contributed by atoms with Gasteiger partial charge in [-0.2, -0.15) is 11.3 Å². The van der Waals surface area contributed by atoms with Gasteiger partial charge in [-0.3, -0.25) is 14.4 Å². The summed E-state index contributed by atoms with van der Waals surface area (Å²) in [7, 11) is 3.23. The van der Waals surface area contributed by atoms with Gasteiger partial charge >= 0.3 is 5.97 Å². The lowest BCUT2D eigenvalue weighted by Gasteiger charge is -2.17. The smallest absolute Gasteiger partial charge is 0.308 e. The zero-order chi connectivity index (χ0) is 19.6. The van der Waals surface area contributed by atoms with Crippen molar-refractivity contribution in [3.05, 3.63) is 52.2 Å². The highest BCUT2D eigenvalue weighted by molar-refractivity contribution is 7.08. The van der Waals surface area contributed by atoms with Gasteiger partial charge in [0.15, 0.2) is 6.61 Å². The average Bonchev–Trinajstić information content (AvgIpc) is 3.21. The largest absolute Gasteiger partial charge is 0.497 e. The number of thiophene rings is 1. The van der Waals surface area contributed by atoms with Gasteiger partial charge in [-0.1, -0.05) is 12.1 Å². The second-order valence-electron chi connectivity index (χ2n) is 5.78. The Morgan fingerprint density at radius 3 is 2.52 bits per heavy atom. The van der Waals surface area contributed by atoms with Gasteiger partial charge in [0.1, 0.15) is 5.75 Å². The van der Waals surface area contributed by atoms with Gasteiger partial charge in [-0.15, -0.1) is 0 Å². The quantitative estimate of drug-likeness (QED) is 0.663. The predicted octanol–water partition coefficient (Wildman–Crippen LogP) is 2.08. The van der Waals surface area contributed by atoms with Crippen molar-refractivity contribution in [2.75, 3.05) is 27.3 Å². The molecule has 0 saturated carbocycles. The molecule has 0 atom stereocenters. The lowest BCUT2D eigenvalue weighted by atomic mass is 10.2. The topological polar surface area (TPSA) is 84.9 Å². The van der Waals surface area contributed by atoms with Crippen LogP contribution in [-0.4, -0.2) is 50.0 Å². The number of likely N-dealkylation sites (N-methyl/N-ethyl adjacent to an activating group) is 1. The molecule has 0 unspecified atom stereocenters. The number of hydrogen-bond donors (Lipinski definition) is 1. The number of carbonyl (C=O) groups excluding carboxylic acids is 3. The molecule has 1 aromatic heterocycles. The Bertz CT molecular complexity index is 759. The second-order valence-corrected chi connectivity index (χ2v) is 6.56. The van der Waals surface area contributed by atoms with Gasteiger partial charge in [0.2, 0.25) is 0 Å². The van der Waals surface area contributed by atoms with E-state index < -0.39 is 5.97 Å². The lowest BCUT2D eigenvalue weighted by molar-refractivity contribution is -0.151. The number of nitrogens with one attached hydrogen (secondary N) is 1.